The summed E-state index contributed by atoms with van der Waals surface area (Å²) in [6.07, 6.45) is 1.57. The number of hydrogen-bond acceptors (Lipinski definition) is 3. The zero-order chi connectivity index (χ0) is 10.8. The number of nitrogens with two attached hydrogens (primary N) is 1. The monoisotopic (exact) mass is 204 g/mol. The van der Waals surface area contributed by atoms with Crippen LogP contribution in [0.2, 0.25) is 0 Å². The number of furan rings is 1. The Labute approximate surface area is 87.3 Å². The van der Waals surface area contributed by atoms with E-state index < -0.39 is 0 Å². The highest BCUT2D eigenvalue weighted by molar-refractivity contribution is 6.02. The predicted octanol–water partition coefficient (Wildman–Crippen LogP) is 1.35. The van der Waals surface area contributed by atoms with Crippen LogP contribution in [-0.2, 0) is 4.79 Å². The quantitative estimate of drug-likeness (QED) is 0.803. The Hall–Kier alpha value is -1.81. The van der Waals surface area contributed by atoms with Crippen molar-refractivity contribution < 1.29 is 9.21 Å². The highest BCUT2D eigenvalue weighted by Crippen LogP contribution is 2.27. The molecule has 1 aromatic carbocycles. The number of hydrogen-bond donors (Lipinski definition) is 1. The highest BCUT2D eigenvalue weighted by atomic mass is 16.3. The predicted molar refractivity (Wildman–Crippen MR) is 58.7 cm³/mol. The van der Waals surface area contributed by atoms with Gasteiger partial charge in [0.2, 0.25) is 5.91 Å². The first-order chi connectivity index (χ1) is 7.24. The standard InChI is InChI=1S/C11H12N2O2/c1-13(11(14)6-12)9-7-15-10-5-3-2-4-8(9)10/h2-5,7H,6,12H2,1H3. The summed E-state index contributed by atoms with van der Waals surface area (Å²) >= 11 is 0. The van der Waals surface area contributed by atoms with E-state index in [1.807, 2.05) is 24.3 Å². The lowest BCUT2D eigenvalue weighted by Crippen LogP contribution is -2.32. The number of nitrogens with zero attached hydrogens (tertiary/aromatic N) is 1. The molecule has 0 bridgehead atoms. The molecular formula is C11H12N2O2. The third kappa shape index (κ3) is 1.59. The van der Waals surface area contributed by atoms with Gasteiger partial charge in [-0.1, -0.05) is 12.1 Å². The molecule has 2 N–H and O–H groups in total. The molecule has 0 saturated heterocycles. The van der Waals surface area contributed by atoms with E-state index >= 15 is 0 Å². The van der Waals surface area contributed by atoms with Crippen molar-refractivity contribution in [3.63, 3.8) is 0 Å². The van der Waals surface area contributed by atoms with Crippen LogP contribution < -0.4 is 10.6 Å². The van der Waals surface area contributed by atoms with Gasteiger partial charge < -0.3 is 15.1 Å². The van der Waals surface area contributed by atoms with Gasteiger partial charge in [0.1, 0.15) is 11.8 Å². The van der Waals surface area contributed by atoms with Crippen LogP contribution >= 0.6 is 0 Å². The second-order valence-corrected chi connectivity index (χ2v) is 3.27. The van der Waals surface area contributed by atoms with E-state index in [4.69, 9.17) is 10.2 Å². The second-order valence-electron chi connectivity index (χ2n) is 3.27. The van der Waals surface area contributed by atoms with Crippen molar-refractivity contribution in [2.24, 2.45) is 5.73 Å². The van der Waals surface area contributed by atoms with Gasteiger partial charge in [0.05, 0.1) is 12.2 Å². The molecule has 1 amide bonds. The van der Waals surface area contributed by atoms with Gasteiger partial charge in [-0.15, -0.1) is 0 Å². The van der Waals surface area contributed by atoms with Crippen molar-refractivity contribution in [1.82, 2.24) is 0 Å². The zero-order valence-electron chi connectivity index (χ0n) is 8.43. The van der Waals surface area contributed by atoms with Crippen molar-refractivity contribution >= 4 is 22.6 Å². The van der Waals surface area contributed by atoms with Crippen LogP contribution in [-0.4, -0.2) is 19.5 Å². The van der Waals surface area contributed by atoms with Gasteiger partial charge in [0, 0.05) is 12.4 Å². The van der Waals surface area contributed by atoms with Crippen LogP contribution in [0.25, 0.3) is 11.0 Å². The minimum atomic E-state index is -0.137. The van der Waals surface area contributed by atoms with E-state index in [0.717, 1.165) is 16.7 Å². The Balaban J connectivity index is 2.48. The molecule has 15 heavy (non-hydrogen) atoms. The first-order valence-electron chi connectivity index (χ1n) is 4.67. The lowest BCUT2D eigenvalue weighted by Gasteiger charge is -2.13. The number of anilines is 1. The molecule has 0 aliphatic heterocycles. The smallest absolute Gasteiger partial charge is 0.240 e. The van der Waals surface area contributed by atoms with E-state index in [-0.39, 0.29) is 12.5 Å². The van der Waals surface area contributed by atoms with Crippen molar-refractivity contribution in [2.45, 2.75) is 0 Å². The molecule has 0 radical (unpaired) electrons. The van der Waals surface area contributed by atoms with Crippen LogP contribution in [0.1, 0.15) is 0 Å². The van der Waals surface area contributed by atoms with E-state index in [1.54, 1.807) is 13.3 Å². The Morgan fingerprint density at radius 3 is 2.93 bits per heavy atom. The third-order valence-electron chi connectivity index (χ3n) is 2.37. The van der Waals surface area contributed by atoms with Gasteiger partial charge in [0.25, 0.3) is 0 Å². The molecule has 0 saturated carbocycles. The average molecular weight is 204 g/mol. The summed E-state index contributed by atoms with van der Waals surface area (Å²) in [7, 11) is 1.69. The summed E-state index contributed by atoms with van der Waals surface area (Å²) in [5.74, 6) is -0.137. The van der Waals surface area contributed by atoms with Gasteiger partial charge in [-0.25, -0.2) is 0 Å². The number of carbonyl (C=O) groups is 1. The average Bonchev–Trinajstić information content (AvgIpc) is 2.70. The summed E-state index contributed by atoms with van der Waals surface area (Å²) < 4.78 is 5.33. The Morgan fingerprint density at radius 1 is 1.47 bits per heavy atom. The fraction of sp³-hybridized carbons (Fsp3) is 0.182. The van der Waals surface area contributed by atoms with Crippen LogP contribution in [0.5, 0.6) is 0 Å². The van der Waals surface area contributed by atoms with Crippen molar-refractivity contribution in [3.8, 4) is 0 Å². The fourth-order valence-corrected chi connectivity index (χ4v) is 1.49. The molecule has 0 aliphatic carbocycles. The molecule has 4 nitrogen and oxygen atoms in total. The normalized spacial score (nSPS) is 10.5. The number of carbonyl (C=O) groups excluding carboxylic acids is 1. The molecule has 0 atom stereocenters. The summed E-state index contributed by atoms with van der Waals surface area (Å²) in [6.45, 7) is -0.00396. The fourth-order valence-electron chi connectivity index (χ4n) is 1.49. The summed E-state index contributed by atoms with van der Waals surface area (Å²) in [5.41, 5.74) is 6.82. The molecule has 2 rings (SSSR count). The Morgan fingerprint density at radius 2 is 2.20 bits per heavy atom. The van der Waals surface area contributed by atoms with Gasteiger partial charge in [-0.2, -0.15) is 0 Å². The van der Waals surface area contributed by atoms with E-state index in [1.165, 1.54) is 4.90 Å². The number of amides is 1. The summed E-state index contributed by atoms with van der Waals surface area (Å²) in [4.78, 5) is 12.9. The van der Waals surface area contributed by atoms with E-state index in [0.29, 0.717) is 0 Å². The molecule has 4 heteroatoms. The largest absolute Gasteiger partial charge is 0.462 e. The molecule has 1 heterocycles. The van der Waals surface area contributed by atoms with Gasteiger partial charge in [0.15, 0.2) is 0 Å². The second kappa shape index (κ2) is 3.74. The Kier molecular flexibility index (Phi) is 2.43. The first-order valence-corrected chi connectivity index (χ1v) is 4.67. The maximum Gasteiger partial charge on any atom is 0.240 e. The molecule has 0 aliphatic rings. The van der Waals surface area contributed by atoms with Gasteiger partial charge in [-0.3, -0.25) is 4.79 Å². The molecule has 0 spiro atoms. The van der Waals surface area contributed by atoms with Gasteiger partial charge in [-0.05, 0) is 12.1 Å². The third-order valence-corrected chi connectivity index (χ3v) is 2.37. The van der Waals surface area contributed by atoms with E-state index in [9.17, 15) is 4.79 Å². The first kappa shape index (κ1) is 9.73. The van der Waals surface area contributed by atoms with Crippen LogP contribution in [0.4, 0.5) is 5.69 Å². The molecule has 0 unspecified atom stereocenters. The molecule has 2 aromatic rings. The number of para-hydroxylation sites is 1. The summed E-state index contributed by atoms with van der Waals surface area (Å²) in [5, 5.41) is 0.918. The molecule has 0 fully saturated rings. The van der Waals surface area contributed by atoms with Crippen molar-refractivity contribution in [1.29, 1.82) is 0 Å². The van der Waals surface area contributed by atoms with Crippen LogP contribution in [0, 0.1) is 0 Å². The van der Waals surface area contributed by atoms with Gasteiger partial charge >= 0.3 is 0 Å². The molecule has 1 aromatic heterocycles. The minimum absolute atomic E-state index is 0.00396. The number of fused-ring (bicyclic) bond motifs is 1. The molecular weight excluding hydrogens is 192 g/mol. The maximum absolute atomic E-state index is 11.4. The lowest BCUT2D eigenvalue weighted by molar-refractivity contribution is -0.117. The van der Waals surface area contributed by atoms with E-state index in [2.05, 4.69) is 0 Å². The van der Waals surface area contributed by atoms with Crippen LogP contribution in [0.15, 0.2) is 34.9 Å². The Bertz CT molecular complexity index is 490. The van der Waals surface area contributed by atoms with Crippen molar-refractivity contribution in [3.05, 3.63) is 30.5 Å². The molecule has 78 valence electrons. The number of likely N-dealkylation sites (N-methyl/N-ethyl adjacent to an activating group) is 1. The highest BCUT2D eigenvalue weighted by Gasteiger charge is 2.14. The minimum Gasteiger partial charge on any atom is -0.462 e. The van der Waals surface area contributed by atoms with Crippen molar-refractivity contribution in [2.75, 3.05) is 18.5 Å². The summed E-state index contributed by atoms with van der Waals surface area (Å²) in [6, 6.07) is 7.57. The number of benzene rings is 1. The van der Waals surface area contributed by atoms with Crippen LogP contribution in [0.3, 0.4) is 0 Å². The SMILES string of the molecule is CN(C(=O)CN)c1coc2ccccc12. The zero-order valence-corrected chi connectivity index (χ0v) is 8.43. The number of rotatable bonds is 2. The lowest BCUT2D eigenvalue weighted by atomic mass is 10.2. The maximum atomic E-state index is 11.4. The topological polar surface area (TPSA) is 59.5 Å².